The molecule has 4 rings (SSSR count). The first-order valence-corrected chi connectivity index (χ1v) is 11.7. The molecule has 2 N–H and O–H groups in total. The van der Waals surface area contributed by atoms with Crippen molar-refractivity contribution in [3.8, 4) is 5.75 Å². The minimum atomic E-state index is 0.0435. The van der Waals surface area contributed by atoms with Crippen molar-refractivity contribution >= 4 is 34.3 Å². The summed E-state index contributed by atoms with van der Waals surface area (Å²) < 4.78 is 5.40. The highest BCUT2D eigenvalue weighted by Gasteiger charge is 2.24. The molecule has 31 heavy (non-hydrogen) atoms. The maximum Gasteiger partial charge on any atom is 0.238 e. The van der Waals surface area contributed by atoms with E-state index in [4.69, 9.17) is 4.74 Å². The number of fused-ring (bicyclic) bond motifs is 1. The first-order valence-electron chi connectivity index (χ1n) is 10.7. The molecule has 3 aromatic rings. The molecule has 1 amide bonds. The number of anilines is 1. The van der Waals surface area contributed by atoms with Crippen molar-refractivity contribution in [2.75, 3.05) is 37.8 Å². The lowest BCUT2D eigenvalue weighted by molar-refractivity contribution is -0.117. The summed E-state index contributed by atoms with van der Waals surface area (Å²) in [5.74, 6) is 2.24. The van der Waals surface area contributed by atoms with E-state index in [0.29, 0.717) is 12.5 Å². The Hall–Kier alpha value is -2.70. The third-order valence-corrected chi connectivity index (χ3v) is 6.90. The summed E-state index contributed by atoms with van der Waals surface area (Å²) in [4.78, 5) is 19.4. The molecule has 0 bridgehead atoms. The Balaban J connectivity index is 1.34. The number of thioether (sulfide) groups is 1. The highest BCUT2D eigenvalue weighted by molar-refractivity contribution is 7.99. The molecule has 0 radical (unpaired) electrons. The Kier molecular flexibility index (Phi) is 6.99. The number of para-hydroxylation sites is 1. The first-order chi connectivity index (χ1) is 15.2. The number of ether oxygens (including phenoxy) is 1. The summed E-state index contributed by atoms with van der Waals surface area (Å²) in [6.07, 6.45) is 6.10. The van der Waals surface area contributed by atoms with Crippen molar-refractivity contribution in [2.24, 2.45) is 0 Å². The highest BCUT2D eigenvalue weighted by atomic mass is 32.2. The average molecular weight is 436 g/mol. The summed E-state index contributed by atoms with van der Waals surface area (Å²) in [6, 6.07) is 14.1. The molecule has 0 spiro atoms. The van der Waals surface area contributed by atoms with Crippen LogP contribution in [-0.2, 0) is 4.79 Å². The molecule has 0 aliphatic carbocycles. The molecule has 1 aliphatic rings. The van der Waals surface area contributed by atoms with Crippen LogP contribution in [-0.4, -0.2) is 48.3 Å². The predicted molar refractivity (Wildman–Crippen MR) is 129 cm³/mol. The molecule has 0 atom stereocenters. The molecule has 1 aromatic heterocycles. The zero-order valence-corrected chi connectivity index (χ0v) is 18.7. The highest BCUT2D eigenvalue weighted by Crippen LogP contribution is 2.34. The topological polar surface area (TPSA) is 57.4 Å². The van der Waals surface area contributed by atoms with Crippen LogP contribution in [0.4, 0.5) is 5.69 Å². The fourth-order valence-corrected chi connectivity index (χ4v) is 4.97. The van der Waals surface area contributed by atoms with Crippen molar-refractivity contribution in [2.45, 2.75) is 23.7 Å². The predicted octanol–water partition coefficient (Wildman–Crippen LogP) is 5.27. The number of amides is 1. The first kappa shape index (κ1) is 21.5. The van der Waals surface area contributed by atoms with Gasteiger partial charge in [-0.25, -0.2) is 0 Å². The maximum atomic E-state index is 12.7. The van der Waals surface area contributed by atoms with Crippen LogP contribution in [0.3, 0.4) is 0 Å². The number of piperidine rings is 1. The molecule has 2 aromatic carbocycles. The van der Waals surface area contributed by atoms with E-state index in [1.165, 1.54) is 10.9 Å². The maximum absolute atomic E-state index is 12.7. The number of benzene rings is 2. The van der Waals surface area contributed by atoms with Crippen LogP contribution in [0.15, 0.2) is 66.2 Å². The summed E-state index contributed by atoms with van der Waals surface area (Å²) in [6.45, 7) is 6.03. The fraction of sp³-hybridized carbons (Fsp3) is 0.320. The van der Waals surface area contributed by atoms with Gasteiger partial charge < -0.3 is 15.0 Å². The van der Waals surface area contributed by atoms with E-state index in [0.717, 1.165) is 53.5 Å². The van der Waals surface area contributed by atoms with Crippen LogP contribution in [0.5, 0.6) is 5.75 Å². The van der Waals surface area contributed by atoms with Crippen LogP contribution in [0.2, 0.25) is 0 Å². The van der Waals surface area contributed by atoms with Gasteiger partial charge in [0, 0.05) is 27.7 Å². The number of hydrogen-bond donors (Lipinski definition) is 2. The molecule has 1 saturated heterocycles. The van der Waals surface area contributed by atoms with Crippen molar-refractivity contribution in [3.63, 3.8) is 0 Å². The molecule has 162 valence electrons. The van der Waals surface area contributed by atoms with Crippen LogP contribution < -0.4 is 10.1 Å². The van der Waals surface area contributed by atoms with Gasteiger partial charge in [0.05, 0.1) is 19.3 Å². The van der Waals surface area contributed by atoms with Crippen LogP contribution >= 0.6 is 11.8 Å². The van der Waals surface area contributed by atoms with Crippen molar-refractivity contribution in [1.29, 1.82) is 0 Å². The number of aromatic amines is 1. The lowest BCUT2D eigenvalue weighted by atomic mass is 9.89. The number of nitrogens with one attached hydrogen (secondary N) is 2. The Morgan fingerprint density at radius 2 is 2.10 bits per heavy atom. The van der Waals surface area contributed by atoms with E-state index in [1.54, 1.807) is 18.9 Å². The minimum Gasteiger partial charge on any atom is -0.497 e. The summed E-state index contributed by atoms with van der Waals surface area (Å²) in [7, 11) is 1.70. The van der Waals surface area contributed by atoms with Gasteiger partial charge in [-0.15, -0.1) is 18.3 Å². The minimum absolute atomic E-state index is 0.0435. The Bertz CT molecular complexity index is 1050. The molecule has 0 unspecified atom stereocenters. The second kappa shape index (κ2) is 10.1. The number of likely N-dealkylation sites (tertiary alicyclic amines) is 1. The molecule has 0 saturated carbocycles. The number of rotatable bonds is 8. The van der Waals surface area contributed by atoms with E-state index in [2.05, 4.69) is 40.1 Å². The molecular formula is C25H29N3O2S. The number of H-pyrrole nitrogens is 1. The van der Waals surface area contributed by atoms with E-state index < -0.39 is 0 Å². The van der Waals surface area contributed by atoms with E-state index in [1.807, 2.05) is 36.4 Å². The number of carbonyl (C=O) groups is 1. The summed E-state index contributed by atoms with van der Waals surface area (Å²) >= 11 is 1.68. The normalized spacial score (nSPS) is 15.1. The van der Waals surface area contributed by atoms with Crippen molar-refractivity contribution in [3.05, 3.63) is 66.9 Å². The number of carbonyl (C=O) groups excluding carboxylic acids is 1. The third kappa shape index (κ3) is 5.14. The van der Waals surface area contributed by atoms with Gasteiger partial charge in [0.2, 0.25) is 5.91 Å². The van der Waals surface area contributed by atoms with Crippen LogP contribution in [0.1, 0.15) is 24.3 Å². The lowest BCUT2D eigenvalue weighted by Crippen LogP contribution is -2.38. The van der Waals surface area contributed by atoms with Gasteiger partial charge in [0.1, 0.15) is 5.75 Å². The van der Waals surface area contributed by atoms with Crippen LogP contribution in [0.25, 0.3) is 10.9 Å². The average Bonchev–Trinajstić information content (AvgIpc) is 3.22. The molecule has 1 aliphatic heterocycles. The number of aromatic nitrogens is 1. The van der Waals surface area contributed by atoms with Gasteiger partial charge in [-0.1, -0.05) is 18.2 Å². The lowest BCUT2D eigenvalue weighted by Gasteiger charge is -2.31. The Morgan fingerprint density at radius 3 is 2.87 bits per heavy atom. The largest absolute Gasteiger partial charge is 0.497 e. The van der Waals surface area contributed by atoms with Gasteiger partial charge in [-0.2, -0.15) is 0 Å². The number of nitrogens with zero attached hydrogens (tertiary/aromatic N) is 1. The van der Waals surface area contributed by atoms with Crippen molar-refractivity contribution in [1.82, 2.24) is 9.88 Å². The summed E-state index contributed by atoms with van der Waals surface area (Å²) in [5, 5.41) is 4.33. The molecule has 6 heteroatoms. The molecular weight excluding hydrogens is 406 g/mol. The van der Waals surface area contributed by atoms with Gasteiger partial charge >= 0.3 is 0 Å². The molecule has 2 heterocycles. The third-order valence-electron chi connectivity index (χ3n) is 5.83. The monoisotopic (exact) mass is 435 g/mol. The summed E-state index contributed by atoms with van der Waals surface area (Å²) in [5.41, 5.74) is 3.37. The van der Waals surface area contributed by atoms with E-state index >= 15 is 0 Å². The van der Waals surface area contributed by atoms with E-state index in [9.17, 15) is 4.79 Å². The zero-order valence-electron chi connectivity index (χ0n) is 17.9. The molecule has 5 nitrogen and oxygen atoms in total. The van der Waals surface area contributed by atoms with Gasteiger partial charge in [-0.3, -0.25) is 9.69 Å². The number of hydrogen-bond acceptors (Lipinski definition) is 4. The van der Waals surface area contributed by atoms with Gasteiger partial charge in [0.25, 0.3) is 0 Å². The SMILES string of the molecule is C=CCSc1ccccc1NC(=O)CN1CCC(c2c[nH]c3ccc(OC)cc23)CC1. The molecule has 1 fully saturated rings. The smallest absolute Gasteiger partial charge is 0.238 e. The number of methoxy groups -OCH3 is 1. The Labute approximate surface area is 187 Å². The zero-order chi connectivity index (χ0) is 21.6. The van der Waals surface area contributed by atoms with Gasteiger partial charge in [-0.05, 0) is 67.7 Å². The quantitative estimate of drug-likeness (QED) is 0.374. The Morgan fingerprint density at radius 1 is 1.29 bits per heavy atom. The standard InChI is InChI=1S/C25H29N3O2S/c1-3-14-31-24-7-5-4-6-23(24)27-25(29)17-28-12-10-18(11-13-28)21-16-26-22-9-8-19(30-2)15-20(21)22/h3-9,15-16,18,26H,1,10-14,17H2,2H3,(H,27,29). The second-order valence-corrected chi connectivity index (χ2v) is 8.91. The van der Waals surface area contributed by atoms with E-state index in [-0.39, 0.29) is 5.91 Å². The second-order valence-electron chi connectivity index (χ2n) is 7.85. The van der Waals surface area contributed by atoms with Crippen molar-refractivity contribution < 1.29 is 9.53 Å². The fourth-order valence-electron chi connectivity index (χ4n) is 4.23. The van der Waals surface area contributed by atoms with Crippen LogP contribution in [0, 0.1) is 0 Å². The van der Waals surface area contributed by atoms with Gasteiger partial charge in [0.15, 0.2) is 0 Å².